The molecular formula is C8H15NO. The molecule has 0 fully saturated rings. The normalized spacial score (nSPS) is 8.80. The fourth-order valence-electron chi connectivity index (χ4n) is 0.594. The van der Waals surface area contributed by atoms with Crippen LogP contribution in [0.3, 0.4) is 0 Å². The zero-order chi connectivity index (χ0) is 7.82. The van der Waals surface area contributed by atoms with Crippen LogP contribution in [-0.4, -0.2) is 6.61 Å². The van der Waals surface area contributed by atoms with E-state index in [0.29, 0.717) is 12.5 Å². The Bertz CT molecular complexity index is 110. The van der Waals surface area contributed by atoms with Crippen molar-refractivity contribution in [2.45, 2.75) is 19.3 Å². The summed E-state index contributed by atoms with van der Waals surface area (Å²) in [6.45, 7) is 7.69. The van der Waals surface area contributed by atoms with Crippen LogP contribution < -0.4 is 5.73 Å². The van der Waals surface area contributed by atoms with Gasteiger partial charge >= 0.3 is 0 Å². The van der Waals surface area contributed by atoms with Gasteiger partial charge in [0.1, 0.15) is 0 Å². The summed E-state index contributed by atoms with van der Waals surface area (Å²) < 4.78 is 4.94. The number of nitrogens with two attached hydrogens (primary N) is 1. The second-order valence-corrected chi connectivity index (χ2v) is 2.10. The van der Waals surface area contributed by atoms with Gasteiger partial charge in [-0.25, -0.2) is 0 Å². The molecule has 0 saturated heterocycles. The molecule has 58 valence electrons. The minimum atomic E-state index is 0.304. The Morgan fingerprint density at radius 1 is 1.50 bits per heavy atom. The minimum absolute atomic E-state index is 0.304. The second-order valence-electron chi connectivity index (χ2n) is 2.10. The van der Waals surface area contributed by atoms with Crippen molar-refractivity contribution in [2.24, 2.45) is 5.73 Å². The maximum atomic E-state index is 5.17. The minimum Gasteiger partial charge on any atom is -0.480 e. The lowest BCUT2D eigenvalue weighted by Crippen LogP contribution is -2.01. The van der Waals surface area contributed by atoms with Gasteiger partial charge in [-0.15, -0.1) is 6.58 Å². The molecule has 0 rings (SSSR count). The van der Waals surface area contributed by atoms with Crippen molar-refractivity contribution in [2.75, 3.05) is 6.61 Å². The van der Waals surface area contributed by atoms with Gasteiger partial charge in [0.15, 0.2) is 5.88 Å². The SMILES string of the molecule is C=CCCCCOC(=C)N. The first-order chi connectivity index (χ1) is 4.77. The van der Waals surface area contributed by atoms with Crippen LogP contribution in [0.4, 0.5) is 0 Å². The van der Waals surface area contributed by atoms with E-state index in [1.54, 1.807) is 0 Å². The van der Waals surface area contributed by atoms with Crippen molar-refractivity contribution in [3.8, 4) is 0 Å². The van der Waals surface area contributed by atoms with Crippen molar-refractivity contribution >= 4 is 0 Å². The first-order valence-corrected chi connectivity index (χ1v) is 3.45. The summed E-state index contributed by atoms with van der Waals surface area (Å²) in [5, 5.41) is 0. The molecule has 0 aromatic rings. The lowest BCUT2D eigenvalue weighted by molar-refractivity contribution is 0.205. The number of ether oxygens (including phenoxy) is 1. The summed E-state index contributed by atoms with van der Waals surface area (Å²) in [5.74, 6) is 0.304. The topological polar surface area (TPSA) is 35.2 Å². The third-order valence-electron chi connectivity index (χ3n) is 1.09. The van der Waals surface area contributed by atoms with Crippen molar-refractivity contribution < 1.29 is 4.74 Å². The fraction of sp³-hybridized carbons (Fsp3) is 0.500. The third kappa shape index (κ3) is 7.08. The Balaban J connectivity index is 2.90. The molecule has 0 bridgehead atoms. The summed E-state index contributed by atoms with van der Waals surface area (Å²) in [6, 6.07) is 0. The van der Waals surface area contributed by atoms with Gasteiger partial charge in [-0.3, -0.25) is 0 Å². The van der Waals surface area contributed by atoms with Crippen molar-refractivity contribution in [1.82, 2.24) is 0 Å². The van der Waals surface area contributed by atoms with Gasteiger partial charge in [-0.1, -0.05) is 6.08 Å². The molecule has 0 radical (unpaired) electrons. The largest absolute Gasteiger partial charge is 0.480 e. The highest BCUT2D eigenvalue weighted by Gasteiger charge is 1.86. The fourth-order valence-corrected chi connectivity index (χ4v) is 0.594. The summed E-state index contributed by atoms with van der Waals surface area (Å²) >= 11 is 0. The Morgan fingerprint density at radius 3 is 2.70 bits per heavy atom. The van der Waals surface area contributed by atoms with Crippen molar-refractivity contribution in [3.63, 3.8) is 0 Å². The van der Waals surface area contributed by atoms with E-state index in [0.717, 1.165) is 19.3 Å². The van der Waals surface area contributed by atoms with Crippen LogP contribution in [-0.2, 0) is 4.74 Å². The lowest BCUT2D eigenvalue weighted by Gasteiger charge is -2.02. The van der Waals surface area contributed by atoms with Crippen LogP contribution in [0, 0.1) is 0 Å². The van der Waals surface area contributed by atoms with E-state index >= 15 is 0 Å². The predicted molar refractivity (Wildman–Crippen MR) is 43.3 cm³/mol. The quantitative estimate of drug-likeness (QED) is 0.347. The van der Waals surface area contributed by atoms with E-state index in [1.165, 1.54) is 0 Å². The average Bonchev–Trinajstić information content (AvgIpc) is 1.87. The molecule has 2 nitrogen and oxygen atoms in total. The predicted octanol–water partition coefficient (Wildman–Crippen LogP) is 1.79. The van der Waals surface area contributed by atoms with Crippen LogP contribution in [0.1, 0.15) is 19.3 Å². The molecule has 2 heteroatoms. The van der Waals surface area contributed by atoms with E-state index in [-0.39, 0.29) is 0 Å². The maximum Gasteiger partial charge on any atom is 0.176 e. The van der Waals surface area contributed by atoms with Crippen molar-refractivity contribution in [1.29, 1.82) is 0 Å². The van der Waals surface area contributed by atoms with E-state index in [9.17, 15) is 0 Å². The van der Waals surface area contributed by atoms with Crippen LogP contribution in [0.15, 0.2) is 25.1 Å². The van der Waals surface area contributed by atoms with Gasteiger partial charge in [-0.2, -0.15) is 0 Å². The first-order valence-electron chi connectivity index (χ1n) is 3.45. The van der Waals surface area contributed by atoms with Gasteiger partial charge in [0.2, 0.25) is 0 Å². The van der Waals surface area contributed by atoms with E-state index in [4.69, 9.17) is 10.5 Å². The second kappa shape index (κ2) is 6.20. The van der Waals surface area contributed by atoms with E-state index in [2.05, 4.69) is 13.2 Å². The molecule has 0 amide bonds. The third-order valence-corrected chi connectivity index (χ3v) is 1.09. The smallest absolute Gasteiger partial charge is 0.176 e. The standard InChI is InChI=1S/C8H15NO/c1-3-4-5-6-7-10-8(2)9/h3H,1-2,4-7,9H2. The number of hydrogen-bond acceptors (Lipinski definition) is 2. The number of allylic oxidation sites excluding steroid dienone is 1. The highest BCUT2D eigenvalue weighted by atomic mass is 16.5. The zero-order valence-electron chi connectivity index (χ0n) is 6.31. The first kappa shape index (κ1) is 9.08. The van der Waals surface area contributed by atoms with Gasteiger partial charge < -0.3 is 10.5 Å². The maximum absolute atomic E-state index is 5.17. The zero-order valence-corrected chi connectivity index (χ0v) is 6.31. The highest BCUT2D eigenvalue weighted by molar-refractivity contribution is 4.71. The average molecular weight is 141 g/mol. The number of hydrogen-bond donors (Lipinski definition) is 1. The van der Waals surface area contributed by atoms with E-state index < -0.39 is 0 Å². The summed E-state index contributed by atoms with van der Waals surface area (Å²) in [5.41, 5.74) is 5.17. The summed E-state index contributed by atoms with van der Waals surface area (Å²) in [7, 11) is 0. The molecule has 0 heterocycles. The Labute approximate surface area is 62.4 Å². The monoisotopic (exact) mass is 141 g/mol. The molecule has 0 aromatic carbocycles. The van der Waals surface area contributed by atoms with Crippen LogP contribution in [0.5, 0.6) is 0 Å². The highest BCUT2D eigenvalue weighted by Crippen LogP contribution is 1.96. The Kier molecular flexibility index (Phi) is 5.63. The van der Waals surface area contributed by atoms with Gasteiger partial charge in [0.05, 0.1) is 6.61 Å². The molecule has 0 aliphatic carbocycles. The van der Waals surface area contributed by atoms with Gasteiger partial charge in [0.25, 0.3) is 0 Å². The molecule has 0 aliphatic rings. The van der Waals surface area contributed by atoms with Crippen LogP contribution >= 0.6 is 0 Å². The Morgan fingerprint density at radius 2 is 2.20 bits per heavy atom. The number of unbranched alkanes of at least 4 members (excludes halogenated alkanes) is 2. The molecule has 0 saturated carbocycles. The molecule has 0 atom stereocenters. The molecule has 0 aliphatic heterocycles. The summed E-state index contributed by atoms with van der Waals surface area (Å²) in [4.78, 5) is 0. The van der Waals surface area contributed by atoms with Gasteiger partial charge in [-0.05, 0) is 25.8 Å². The molecule has 0 aromatic heterocycles. The lowest BCUT2D eigenvalue weighted by atomic mass is 10.2. The van der Waals surface area contributed by atoms with E-state index in [1.807, 2.05) is 6.08 Å². The Hall–Kier alpha value is -0.920. The van der Waals surface area contributed by atoms with Gasteiger partial charge in [0, 0.05) is 0 Å². The van der Waals surface area contributed by atoms with Crippen LogP contribution in [0.2, 0.25) is 0 Å². The number of rotatable bonds is 6. The molecule has 10 heavy (non-hydrogen) atoms. The van der Waals surface area contributed by atoms with Crippen LogP contribution in [0.25, 0.3) is 0 Å². The summed E-state index contributed by atoms with van der Waals surface area (Å²) in [6.07, 6.45) is 5.07. The molecular weight excluding hydrogens is 126 g/mol. The van der Waals surface area contributed by atoms with Crippen molar-refractivity contribution in [3.05, 3.63) is 25.1 Å². The molecule has 0 unspecified atom stereocenters. The molecule has 2 N–H and O–H groups in total. The molecule has 0 spiro atoms.